The highest BCUT2D eigenvalue weighted by atomic mass is 16.5. The van der Waals surface area contributed by atoms with Gasteiger partial charge in [-0.1, -0.05) is 18.0 Å². The van der Waals surface area contributed by atoms with Crippen LogP contribution in [0.3, 0.4) is 0 Å². The summed E-state index contributed by atoms with van der Waals surface area (Å²) in [7, 11) is 1.36. The van der Waals surface area contributed by atoms with E-state index in [1.807, 2.05) is 0 Å². The normalized spacial score (nSPS) is 9.65. The van der Waals surface area contributed by atoms with Crippen LogP contribution in [-0.2, 0) is 4.74 Å². The highest BCUT2D eigenvalue weighted by molar-refractivity contribution is 5.89. The monoisotopic (exact) mass is 277 g/mol. The first-order valence-electron chi connectivity index (χ1n) is 6.60. The second-order valence-electron chi connectivity index (χ2n) is 4.23. The fourth-order valence-corrected chi connectivity index (χ4v) is 1.68. The lowest BCUT2D eigenvalue weighted by Gasteiger charge is -2.06. The molecule has 1 aromatic rings. The number of carbonyl (C=O) groups excluding carboxylic acids is 1. The van der Waals surface area contributed by atoms with E-state index in [2.05, 4.69) is 14.8 Å². The third kappa shape index (κ3) is 6.11. The number of hydrogen-bond acceptors (Lipinski definition) is 4. The first-order chi connectivity index (χ1) is 9.77. The lowest BCUT2D eigenvalue weighted by molar-refractivity contribution is 0.0600. The summed E-state index contributed by atoms with van der Waals surface area (Å²) in [5.41, 5.74) is 8.62. The van der Waals surface area contributed by atoms with E-state index in [9.17, 15) is 4.79 Å². The van der Waals surface area contributed by atoms with Crippen LogP contribution in [0, 0.1) is 0 Å². The molecule has 1 aromatic carbocycles. The first kappa shape index (κ1) is 15.9. The average Bonchev–Trinajstić information content (AvgIpc) is 2.50. The van der Waals surface area contributed by atoms with Crippen LogP contribution in [0.5, 0.6) is 5.75 Å². The van der Waals surface area contributed by atoms with E-state index >= 15 is 0 Å². The second kappa shape index (κ2) is 9.69. The summed E-state index contributed by atoms with van der Waals surface area (Å²) in [4.78, 5) is 13.9. The van der Waals surface area contributed by atoms with E-state index < -0.39 is 0 Å². The number of methoxy groups -OCH3 is 1. The summed E-state index contributed by atoms with van der Waals surface area (Å²) in [6, 6.07) is 6.88. The fraction of sp³-hybridized carbons (Fsp3) is 0.500. The maximum atomic E-state index is 11.2. The topological polar surface area (TPSA) is 84.3 Å². The van der Waals surface area contributed by atoms with Gasteiger partial charge in [-0.05, 0) is 42.6 Å². The van der Waals surface area contributed by atoms with Crippen molar-refractivity contribution in [2.24, 2.45) is 5.11 Å². The third-order valence-corrected chi connectivity index (χ3v) is 2.76. The van der Waals surface area contributed by atoms with Crippen molar-refractivity contribution in [3.63, 3.8) is 0 Å². The summed E-state index contributed by atoms with van der Waals surface area (Å²) in [5, 5.41) is 3.48. The van der Waals surface area contributed by atoms with Gasteiger partial charge in [0, 0.05) is 11.5 Å². The lowest BCUT2D eigenvalue weighted by atomic mass is 10.2. The van der Waals surface area contributed by atoms with E-state index in [-0.39, 0.29) is 5.97 Å². The lowest BCUT2D eigenvalue weighted by Crippen LogP contribution is -2.01. The SMILES string of the molecule is COC(=O)c1ccc(OCCCCCCN=[N+]=[N-])cc1. The zero-order valence-corrected chi connectivity index (χ0v) is 11.6. The molecule has 0 unspecified atom stereocenters. The quantitative estimate of drug-likeness (QED) is 0.227. The zero-order chi connectivity index (χ0) is 14.6. The first-order valence-corrected chi connectivity index (χ1v) is 6.60. The number of carbonyl (C=O) groups is 1. The Morgan fingerprint density at radius 2 is 1.90 bits per heavy atom. The predicted octanol–water partition coefficient (Wildman–Crippen LogP) is 3.72. The highest BCUT2D eigenvalue weighted by Crippen LogP contribution is 2.13. The Morgan fingerprint density at radius 3 is 2.55 bits per heavy atom. The Bertz CT molecular complexity index is 453. The van der Waals surface area contributed by atoms with Crippen LogP contribution in [0.15, 0.2) is 29.4 Å². The molecule has 20 heavy (non-hydrogen) atoms. The smallest absolute Gasteiger partial charge is 0.337 e. The average molecular weight is 277 g/mol. The molecule has 0 fully saturated rings. The molecule has 0 atom stereocenters. The predicted molar refractivity (Wildman–Crippen MR) is 75.8 cm³/mol. The molecule has 108 valence electrons. The minimum absolute atomic E-state index is 0.350. The molecule has 0 saturated carbocycles. The van der Waals surface area contributed by atoms with Crippen LogP contribution in [-0.4, -0.2) is 26.2 Å². The van der Waals surface area contributed by atoms with Crippen molar-refractivity contribution >= 4 is 5.97 Å². The van der Waals surface area contributed by atoms with Crippen LogP contribution in [0.25, 0.3) is 10.4 Å². The van der Waals surface area contributed by atoms with Gasteiger partial charge in [-0.2, -0.15) is 0 Å². The number of rotatable bonds is 9. The molecule has 0 saturated heterocycles. The number of benzene rings is 1. The van der Waals surface area contributed by atoms with Gasteiger partial charge in [-0.25, -0.2) is 4.79 Å². The summed E-state index contributed by atoms with van der Waals surface area (Å²) in [5.74, 6) is 0.392. The van der Waals surface area contributed by atoms with E-state index in [0.29, 0.717) is 18.7 Å². The van der Waals surface area contributed by atoms with Gasteiger partial charge in [-0.3, -0.25) is 0 Å². The summed E-state index contributed by atoms with van der Waals surface area (Å²) in [6.07, 6.45) is 3.94. The van der Waals surface area contributed by atoms with Gasteiger partial charge in [0.15, 0.2) is 0 Å². The van der Waals surface area contributed by atoms with Crippen molar-refractivity contribution in [3.8, 4) is 5.75 Å². The van der Waals surface area contributed by atoms with E-state index in [1.165, 1.54) is 7.11 Å². The number of azide groups is 1. The van der Waals surface area contributed by atoms with E-state index in [1.54, 1.807) is 24.3 Å². The molecule has 0 radical (unpaired) electrons. The van der Waals surface area contributed by atoms with Crippen LogP contribution >= 0.6 is 0 Å². The largest absolute Gasteiger partial charge is 0.494 e. The maximum Gasteiger partial charge on any atom is 0.337 e. The summed E-state index contributed by atoms with van der Waals surface area (Å²) >= 11 is 0. The van der Waals surface area contributed by atoms with Crippen molar-refractivity contribution in [2.75, 3.05) is 20.3 Å². The van der Waals surface area contributed by atoms with Gasteiger partial charge in [0.05, 0.1) is 19.3 Å². The zero-order valence-electron chi connectivity index (χ0n) is 11.6. The van der Waals surface area contributed by atoms with Crippen molar-refractivity contribution in [1.82, 2.24) is 0 Å². The van der Waals surface area contributed by atoms with Crippen LogP contribution < -0.4 is 4.74 Å². The molecule has 0 heterocycles. The van der Waals surface area contributed by atoms with Crippen LogP contribution in [0.4, 0.5) is 0 Å². The molecule has 1 rings (SSSR count). The van der Waals surface area contributed by atoms with E-state index in [0.717, 1.165) is 31.4 Å². The Kier molecular flexibility index (Phi) is 7.69. The van der Waals surface area contributed by atoms with Gasteiger partial charge >= 0.3 is 5.97 Å². The molecule has 0 amide bonds. The minimum Gasteiger partial charge on any atom is -0.494 e. The molecule has 0 aliphatic rings. The standard InChI is InChI=1S/C14H19N3O3/c1-19-14(18)12-6-8-13(9-7-12)20-11-5-3-2-4-10-16-17-15/h6-9H,2-5,10-11H2,1H3. The van der Waals surface area contributed by atoms with Crippen molar-refractivity contribution in [1.29, 1.82) is 0 Å². The Hall–Kier alpha value is -2.20. The Balaban J connectivity index is 2.16. The maximum absolute atomic E-state index is 11.2. The summed E-state index contributed by atoms with van der Waals surface area (Å²) in [6.45, 7) is 1.20. The van der Waals surface area contributed by atoms with Crippen molar-refractivity contribution in [3.05, 3.63) is 40.3 Å². The second-order valence-corrected chi connectivity index (χ2v) is 4.23. The number of unbranched alkanes of at least 4 members (excludes halogenated alkanes) is 3. The molecule has 0 spiro atoms. The molecule has 0 aromatic heterocycles. The molecule has 0 bridgehead atoms. The summed E-state index contributed by atoms with van der Waals surface area (Å²) < 4.78 is 10.2. The Morgan fingerprint density at radius 1 is 1.20 bits per heavy atom. The van der Waals surface area contributed by atoms with Crippen LogP contribution in [0.1, 0.15) is 36.0 Å². The molecular formula is C14H19N3O3. The highest BCUT2D eigenvalue weighted by Gasteiger charge is 2.04. The molecule has 0 aliphatic carbocycles. The number of hydrogen-bond donors (Lipinski definition) is 0. The number of ether oxygens (including phenoxy) is 2. The molecule has 0 aliphatic heterocycles. The van der Waals surface area contributed by atoms with Gasteiger partial charge in [0.25, 0.3) is 0 Å². The van der Waals surface area contributed by atoms with E-state index in [4.69, 9.17) is 10.3 Å². The van der Waals surface area contributed by atoms with Gasteiger partial charge < -0.3 is 9.47 Å². The molecule has 6 heteroatoms. The fourth-order valence-electron chi connectivity index (χ4n) is 1.68. The Labute approximate surface area is 118 Å². The molecular weight excluding hydrogens is 258 g/mol. The number of nitrogens with zero attached hydrogens (tertiary/aromatic N) is 3. The molecule has 0 N–H and O–H groups in total. The van der Waals surface area contributed by atoms with Gasteiger partial charge in [0.2, 0.25) is 0 Å². The van der Waals surface area contributed by atoms with Gasteiger partial charge in [0.1, 0.15) is 5.75 Å². The minimum atomic E-state index is -0.350. The van der Waals surface area contributed by atoms with Crippen LogP contribution in [0.2, 0.25) is 0 Å². The van der Waals surface area contributed by atoms with Crippen molar-refractivity contribution in [2.45, 2.75) is 25.7 Å². The number of esters is 1. The van der Waals surface area contributed by atoms with Crippen molar-refractivity contribution < 1.29 is 14.3 Å². The van der Waals surface area contributed by atoms with Gasteiger partial charge in [-0.15, -0.1) is 0 Å². The third-order valence-electron chi connectivity index (χ3n) is 2.76. The molecule has 6 nitrogen and oxygen atoms in total.